The average Bonchev–Trinajstić information content (AvgIpc) is 2.85. The Morgan fingerprint density at radius 2 is 1.45 bits per heavy atom. The highest BCUT2D eigenvalue weighted by atomic mass is 19.2. The highest BCUT2D eigenvalue weighted by molar-refractivity contribution is 5.33. The van der Waals surface area contributed by atoms with E-state index in [1.54, 1.807) is 12.1 Å². The zero-order chi connectivity index (χ0) is 23.2. The van der Waals surface area contributed by atoms with Crippen molar-refractivity contribution in [2.45, 2.75) is 77.0 Å². The van der Waals surface area contributed by atoms with Crippen molar-refractivity contribution < 1.29 is 13.5 Å². The summed E-state index contributed by atoms with van der Waals surface area (Å²) >= 11 is 0. The molecule has 0 heterocycles. The van der Waals surface area contributed by atoms with Gasteiger partial charge in [0.2, 0.25) is 5.82 Å². The van der Waals surface area contributed by atoms with E-state index in [1.807, 2.05) is 0 Å². The minimum Gasteiger partial charge on any atom is -0.494 e. The average molecular weight is 453 g/mol. The lowest BCUT2D eigenvalue weighted by molar-refractivity contribution is 0.170. The smallest absolute Gasteiger partial charge is 0.200 e. The number of hydrogen-bond donors (Lipinski definition) is 0. The van der Waals surface area contributed by atoms with Crippen LogP contribution in [0.4, 0.5) is 8.78 Å². The molecule has 178 valence electrons. The van der Waals surface area contributed by atoms with E-state index >= 15 is 0 Å². The monoisotopic (exact) mass is 452 g/mol. The van der Waals surface area contributed by atoms with Crippen LogP contribution in [0.3, 0.4) is 0 Å². The fourth-order valence-corrected chi connectivity index (χ4v) is 6.02. The molecule has 0 bridgehead atoms. The SMILES string of the molecule is COc1ccc(C2CCC(C3CCC(/C=C/CCc4ccc(C)cc4)CC3)CC2)c(F)c1F. The van der Waals surface area contributed by atoms with Crippen molar-refractivity contribution in [2.24, 2.45) is 17.8 Å². The Morgan fingerprint density at radius 3 is 2.09 bits per heavy atom. The third kappa shape index (κ3) is 6.05. The highest BCUT2D eigenvalue weighted by Crippen LogP contribution is 2.45. The molecule has 0 atom stereocenters. The molecule has 0 aliphatic heterocycles. The third-order valence-corrected chi connectivity index (χ3v) is 8.12. The molecule has 4 rings (SSSR count). The molecule has 33 heavy (non-hydrogen) atoms. The first-order valence-corrected chi connectivity index (χ1v) is 12.8. The lowest BCUT2D eigenvalue weighted by Gasteiger charge is -2.37. The minimum absolute atomic E-state index is 0.00843. The van der Waals surface area contributed by atoms with Gasteiger partial charge in [0.05, 0.1) is 7.11 Å². The number of halogens is 2. The van der Waals surface area contributed by atoms with Crippen LogP contribution in [0.25, 0.3) is 0 Å². The largest absolute Gasteiger partial charge is 0.494 e. The Hall–Kier alpha value is -2.16. The first kappa shape index (κ1) is 24.0. The number of benzene rings is 2. The molecule has 2 aromatic carbocycles. The van der Waals surface area contributed by atoms with Crippen LogP contribution in [-0.2, 0) is 6.42 Å². The second-order valence-electron chi connectivity index (χ2n) is 10.2. The standard InChI is InChI=1S/C30H38F2O/c1-21-7-9-22(10-8-21)5-3-4-6-23-11-13-24(14-12-23)25-15-17-26(18-16-25)27-19-20-28(33-2)30(32)29(27)31/h4,6-10,19-20,23-26H,3,5,11-18H2,1-2H3/b6-4+. The summed E-state index contributed by atoms with van der Waals surface area (Å²) in [6.07, 6.45) is 16.5. The van der Waals surface area contributed by atoms with Gasteiger partial charge >= 0.3 is 0 Å². The lowest BCUT2D eigenvalue weighted by atomic mass is 9.68. The molecular weight excluding hydrogens is 414 g/mol. The van der Waals surface area contributed by atoms with E-state index in [1.165, 1.54) is 43.9 Å². The van der Waals surface area contributed by atoms with Crippen molar-refractivity contribution in [3.8, 4) is 5.75 Å². The second kappa shape index (κ2) is 11.3. The molecule has 0 saturated heterocycles. The van der Waals surface area contributed by atoms with Crippen LogP contribution < -0.4 is 4.74 Å². The molecule has 0 amide bonds. The zero-order valence-electron chi connectivity index (χ0n) is 20.2. The maximum Gasteiger partial charge on any atom is 0.200 e. The van der Waals surface area contributed by atoms with E-state index in [9.17, 15) is 8.78 Å². The zero-order valence-corrected chi connectivity index (χ0v) is 20.2. The fourth-order valence-electron chi connectivity index (χ4n) is 6.02. The summed E-state index contributed by atoms with van der Waals surface area (Å²) in [6, 6.07) is 12.2. The van der Waals surface area contributed by atoms with Crippen LogP contribution in [0.15, 0.2) is 48.6 Å². The first-order chi connectivity index (χ1) is 16.0. The van der Waals surface area contributed by atoms with Gasteiger partial charge in [0.1, 0.15) is 0 Å². The van der Waals surface area contributed by atoms with E-state index in [0.29, 0.717) is 5.56 Å². The molecule has 0 unspecified atom stereocenters. The van der Waals surface area contributed by atoms with Crippen molar-refractivity contribution in [3.63, 3.8) is 0 Å². The van der Waals surface area contributed by atoms with E-state index in [0.717, 1.165) is 56.3 Å². The van der Waals surface area contributed by atoms with Gasteiger partial charge in [0.25, 0.3) is 0 Å². The summed E-state index contributed by atoms with van der Waals surface area (Å²) in [6.45, 7) is 2.13. The normalized spacial score (nSPS) is 25.9. The van der Waals surface area contributed by atoms with Gasteiger partial charge in [0, 0.05) is 0 Å². The molecule has 0 spiro atoms. The molecule has 2 fully saturated rings. The van der Waals surface area contributed by atoms with E-state index < -0.39 is 11.6 Å². The molecule has 1 nitrogen and oxygen atoms in total. The highest BCUT2D eigenvalue weighted by Gasteiger charge is 2.32. The van der Waals surface area contributed by atoms with E-state index in [4.69, 9.17) is 4.74 Å². The minimum atomic E-state index is -0.845. The van der Waals surface area contributed by atoms with Crippen molar-refractivity contribution >= 4 is 0 Å². The summed E-state index contributed by atoms with van der Waals surface area (Å²) < 4.78 is 33.5. The first-order valence-electron chi connectivity index (χ1n) is 12.8. The topological polar surface area (TPSA) is 9.23 Å². The molecule has 0 radical (unpaired) electrons. The summed E-state index contributed by atoms with van der Waals surface area (Å²) in [5, 5.41) is 0. The molecule has 0 aromatic heterocycles. The Bertz CT molecular complexity index is 917. The van der Waals surface area contributed by atoms with Crippen molar-refractivity contribution in [2.75, 3.05) is 7.11 Å². The molecule has 2 aliphatic rings. The van der Waals surface area contributed by atoms with Crippen LogP contribution in [0, 0.1) is 36.3 Å². The molecule has 0 N–H and O–H groups in total. The number of rotatable bonds is 7. The van der Waals surface area contributed by atoms with Crippen LogP contribution >= 0.6 is 0 Å². The van der Waals surface area contributed by atoms with Crippen molar-refractivity contribution in [1.82, 2.24) is 0 Å². The maximum absolute atomic E-state index is 14.5. The molecule has 2 saturated carbocycles. The van der Waals surface area contributed by atoms with Crippen LogP contribution in [0.1, 0.15) is 80.4 Å². The van der Waals surface area contributed by atoms with Crippen LogP contribution in [-0.4, -0.2) is 7.11 Å². The van der Waals surface area contributed by atoms with Gasteiger partial charge in [-0.05, 0) is 112 Å². The van der Waals surface area contributed by atoms with Gasteiger partial charge in [-0.2, -0.15) is 4.39 Å². The van der Waals surface area contributed by atoms with Gasteiger partial charge < -0.3 is 4.74 Å². The lowest BCUT2D eigenvalue weighted by Crippen LogP contribution is -2.25. The number of hydrogen-bond acceptors (Lipinski definition) is 1. The summed E-state index contributed by atoms with van der Waals surface area (Å²) in [5.74, 6) is 0.849. The number of aryl methyl sites for hydroxylation is 2. The number of methoxy groups -OCH3 is 1. The van der Waals surface area contributed by atoms with Gasteiger partial charge in [0.15, 0.2) is 11.6 Å². The Balaban J connectivity index is 1.20. The van der Waals surface area contributed by atoms with Crippen molar-refractivity contribution in [1.29, 1.82) is 0 Å². The third-order valence-electron chi connectivity index (χ3n) is 8.12. The fraction of sp³-hybridized carbons (Fsp3) is 0.533. The van der Waals surface area contributed by atoms with Crippen LogP contribution in [0.5, 0.6) is 5.75 Å². The summed E-state index contributed by atoms with van der Waals surface area (Å²) in [7, 11) is 1.37. The molecule has 3 heteroatoms. The number of ether oxygens (including phenoxy) is 1. The van der Waals surface area contributed by atoms with E-state index in [2.05, 4.69) is 43.3 Å². The van der Waals surface area contributed by atoms with Gasteiger partial charge in [-0.1, -0.05) is 48.0 Å². The predicted octanol–water partition coefficient (Wildman–Crippen LogP) is 8.55. The van der Waals surface area contributed by atoms with Crippen LogP contribution in [0.2, 0.25) is 0 Å². The predicted molar refractivity (Wildman–Crippen MR) is 132 cm³/mol. The molecule has 2 aliphatic carbocycles. The summed E-state index contributed by atoms with van der Waals surface area (Å²) in [4.78, 5) is 0. The summed E-state index contributed by atoms with van der Waals surface area (Å²) in [5.41, 5.74) is 3.27. The Labute approximate surface area is 198 Å². The Kier molecular flexibility index (Phi) is 8.22. The number of allylic oxidation sites excluding steroid dienone is 2. The second-order valence-corrected chi connectivity index (χ2v) is 10.2. The van der Waals surface area contributed by atoms with Gasteiger partial charge in [-0.3, -0.25) is 0 Å². The van der Waals surface area contributed by atoms with Gasteiger partial charge in [-0.25, -0.2) is 4.39 Å². The van der Waals surface area contributed by atoms with Crippen molar-refractivity contribution in [3.05, 3.63) is 76.9 Å². The maximum atomic E-state index is 14.5. The van der Waals surface area contributed by atoms with Gasteiger partial charge in [-0.15, -0.1) is 0 Å². The quantitative estimate of drug-likeness (QED) is 0.382. The molecular formula is C30H38F2O. The Morgan fingerprint density at radius 1 is 0.818 bits per heavy atom. The van der Waals surface area contributed by atoms with E-state index in [-0.39, 0.29) is 11.7 Å². The molecule has 2 aromatic rings.